The van der Waals surface area contributed by atoms with Gasteiger partial charge in [-0.3, -0.25) is 0 Å². The topological polar surface area (TPSA) is 32.3 Å². The summed E-state index contributed by atoms with van der Waals surface area (Å²) in [5.41, 5.74) is 1.04. The van der Waals surface area contributed by atoms with Crippen LogP contribution in [0.25, 0.3) is 0 Å². The predicted molar refractivity (Wildman–Crippen MR) is 62.0 cm³/mol. The minimum atomic E-state index is 0.415. The third-order valence-electron chi connectivity index (χ3n) is 3.18. The van der Waals surface area contributed by atoms with Gasteiger partial charge in [-0.15, -0.1) is 0 Å². The van der Waals surface area contributed by atoms with Gasteiger partial charge < -0.3 is 10.4 Å². The highest BCUT2D eigenvalue weighted by molar-refractivity contribution is 5.31. The molecule has 1 unspecified atom stereocenters. The van der Waals surface area contributed by atoms with Gasteiger partial charge in [-0.1, -0.05) is 18.2 Å². The first-order valence-corrected chi connectivity index (χ1v) is 5.77. The Hall–Kier alpha value is -1.02. The summed E-state index contributed by atoms with van der Waals surface area (Å²) >= 11 is 0. The fraction of sp³-hybridized carbons (Fsp3) is 0.538. The average Bonchev–Trinajstić information content (AvgIpc) is 3.04. The highest BCUT2D eigenvalue weighted by Crippen LogP contribution is 2.32. The molecule has 0 aromatic heterocycles. The van der Waals surface area contributed by atoms with Crippen LogP contribution in [0.15, 0.2) is 24.3 Å². The lowest BCUT2D eigenvalue weighted by molar-refractivity contribution is 0.461. The summed E-state index contributed by atoms with van der Waals surface area (Å²) in [4.78, 5) is 0. The Bertz CT molecular complexity index is 320. The molecule has 1 fully saturated rings. The lowest BCUT2D eigenvalue weighted by Crippen LogP contribution is -2.29. The molecule has 1 aliphatic rings. The summed E-state index contributed by atoms with van der Waals surface area (Å²) in [6.45, 7) is 3.21. The van der Waals surface area contributed by atoms with Gasteiger partial charge in [-0.05, 0) is 50.3 Å². The largest absolute Gasteiger partial charge is 0.508 e. The molecule has 0 saturated heterocycles. The summed E-state index contributed by atoms with van der Waals surface area (Å²) in [5.74, 6) is 1.31. The van der Waals surface area contributed by atoms with E-state index in [1.165, 1.54) is 12.8 Å². The van der Waals surface area contributed by atoms with Crippen LogP contribution in [0.4, 0.5) is 0 Å². The number of benzene rings is 1. The van der Waals surface area contributed by atoms with Crippen LogP contribution in [-0.4, -0.2) is 17.7 Å². The summed E-state index contributed by atoms with van der Waals surface area (Å²) in [6, 6.07) is 8.20. The van der Waals surface area contributed by atoms with E-state index in [0.717, 1.165) is 24.4 Å². The Morgan fingerprint density at radius 2 is 2.13 bits per heavy atom. The van der Waals surface area contributed by atoms with Gasteiger partial charge in [-0.2, -0.15) is 0 Å². The van der Waals surface area contributed by atoms with Crippen molar-refractivity contribution in [3.05, 3.63) is 29.8 Å². The normalized spacial score (nSPS) is 17.7. The van der Waals surface area contributed by atoms with Crippen LogP contribution in [-0.2, 0) is 6.42 Å². The highest BCUT2D eigenvalue weighted by atomic mass is 16.3. The SMILES string of the molecule is CC(NCCc1ccccc1O)C1CC1. The van der Waals surface area contributed by atoms with E-state index in [2.05, 4.69) is 12.2 Å². The second kappa shape index (κ2) is 4.67. The molecule has 2 rings (SSSR count). The molecule has 82 valence electrons. The third kappa shape index (κ3) is 2.96. The standard InChI is InChI=1S/C13H19NO/c1-10(11-6-7-11)14-9-8-12-4-2-3-5-13(12)15/h2-5,10-11,14-15H,6-9H2,1H3. The number of para-hydroxylation sites is 1. The van der Waals surface area contributed by atoms with Crippen molar-refractivity contribution >= 4 is 0 Å². The Morgan fingerprint density at radius 3 is 2.80 bits per heavy atom. The summed E-state index contributed by atoms with van der Waals surface area (Å²) < 4.78 is 0. The van der Waals surface area contributed by atoms with Crippen molar-refractivity contribution in [2.45, 2.75) is 32.2 Å². The Morgan fingerprint density at radius 1 is 1.40 bits per heavy atom. The van der Waals surface area contributed by atoms with E-state index in [1.54, 1.807) is 6.07 Å². The van der Waals surface area contributed by atoms with Gasteiger partial charge in [0.25, 0.3) is 0 Å². The van der Waals surface area contributed by atoms with Crippen molar-refractivity contribution < 1.29 is 5.11 Å². The van der Waals surface area contributed by atoms with E-state index in [-0.39, 0.29) is 0 Å². The molecule has 1 aliphatic carbocycles. The molecule has 2 N–H and O–H groups in total. The van der Waals surface area contributed by atoms with Crippen molar-refractivity contribution in [3.8, 4) is 5.75 Å². The fourth-order valence-electron chi connectivity index (χ4n) is 1.92. The second-order valence-corrected chi connectivity index (χ2v) is 4.46. The van der Waals surface area contributed by atoms with Crippen molar-refractivity contribution in [2.24, 2.45) is 5.92 Å². The summed E-state index contributed by atoms with van der Waals surface area (Å²) in [6.07, 6.45) is 3.67. The molecule has 15 heavy (non-hydrogen) atoms. The number of hydrogen-bond acceptors (Lipinski definition) is 2. The summed E-state index contributed by atoms with van der Waals surface area (Å²) in [5, 5.41) is 13.1. The van der Waals surface area contributed by atoms with E-state index < -0.39 is 0 Å². The van der Waals surface area contributed by atoms with E-state index in [1.807, 2.05) is 18.2 Å². The number of phenolic OH excluding ortho intramolecular Hbond substituents is 1. The minimum absolute atomic E-state index is 0.415. The first-order valence-electron chi connectivity index (χ1n) is 5.77. The molecule has 1 atom stereocenters. The number of rotatable bonds is 5. The highest BCUT2D eigenvalue weighted by Gasteiger charge is 2.27. The van der Waals surface area contributed by atoms with Crippen LogP contribution in [0, 0.1) is 5.92 Å². The Balaban J connectivity index is 1.75. The molecule has 2 nitrogen and oxygen atoms in total. The van der Waals surface area contributed by atoms with Crippen LogP contribution in [0.5, 0.6) is 5.75 Å². The molecule has 0 heterocycles. The molecule has 0 aliphatic heterocycles. The third-order valence-corrected chi connectivity index (χ3v) is 3.18. The molecule has 2 heteroatoms. The van der Waals surface area contributed by atoms with E-state index in [4.69, 9.17) is 0 Å². The number of nitrogens with one attached hydrogen (secondary N) is 1. The zero-order chi connectivity index (χ0) is 10.7. The molecule has 0 bridgehead atoms. The number of hydrogen-bond donors (Lipinski definition) is 2. The molecule has 0 spiro atoms. The van der Waals surface area contributed by atoms with Gasteiger partial charge in [0.2, 0.25) is 0 Å². The van der Waals surface area contributed by atoms with Gasteiger partial charge in [0.15, 0.2) is 0 Å². The summed E-state index contributed by atoms with van der Waals surface area (Å²) in [7, 11) is 0. The van der Waals surface area contributed by atoms with Crippen molar-refractivity contribution in [1.82, 2.24) is 5.32 Å². The van der Waals surface area contributed by atoms with Crippen LogP contribution in [0.1, 0.15) is 25.3 Å². The Kier molecular flexibility index (Phi) is 3.27. The smallest absolute Gasteiger partial charge is 0.118 e. The van der Waals surface area contributed by atoms with E-state index in [0.29, 0.717) is 11.8 Å². The maximum absolute atomic E-state index is 9.57. The van der Waals surface area contributed by atoms with Gasteiger partial charge in [0.05, 0.1) is 0 Å². The zero-order valence-electron chi connectivity index (χ0n) is 9.24. The maximum Gasteiger partial charge on any atom is 0.118 e. The lowest BCUT2D eigenvalue weighted by atomic mass is 10.1. The van der Waals surface area contributed by atoms with Crippen molar-refractivity contribution in [2.75, 3.05) is 6.54 Å². The average molecular weight is 205 g/mol. The molecular weight excluding hydrogens is 186 g/mol. The monoisotopic (exact) mass is 205 g/mol. The van der Waals surface area contributed by atoms with Gasteiger partial charge in [0.1, 0.15) is 5.75 Å². The van der Waals surface area contributed by atoms with Crippen LogP contribution in [0.3, 0.4) is 0 Å². The molecule has 0 radical (unpaired) electrons. The molecule has 1 aromatic carbocycles. The van der Waals surface area contributed by atoms with Crippen LogP contribution >= 0.6 is 0 Å². The molecule has 1 saturated carbocycles. The molecule has 0 amide bonds. The van der Waals surface area contributed by atoms with Crippen LogP contribution < -0.4 is 5.32 Å². The maximum atomic E-state index is 9.57. The second-order valence-electron chi connectivity index (χ2n) is 4.46. The van der Waals surface area contributed by atoms with Crippen molar-refractivity contribution in [3.63, 3.8) is 0 Å². The van der Waals surface area contributed by atoms with E-state index >= 15 is 0 Å². The first kappa shape index (κ1) is 10.5. The van der Waals surface area contributed by atoms with Gasteiger partial charge in [0, 0.05) is 6.04 Å². The number of phenols is 1. The first-order chi connectivity index (χ1) is 7.27. The van der Waals surface area contributed by atoms with Crippen LogP contribution in [0.2, 0.25) is 0 Å². The Labute approximate surface area is 91.3 Å². The van der Waals surface area contributed by atoms with Crippen molar-refractivity contribution in [1.29, 1.82) is 0 Å². The zero-order valence-corrected chi connectivity index (χ0v) is 9.24. The minimum Gasteiger partial charge on any atom is -0.508 e. The molecule has 1 aromatic rings. The quantitative estimate of drug-likeness (QED) is 0.773. The fourth-order valence-corrected chi connectivity index (χ4v) is 1.92. The number of aromatic hydroxyl groups is 1. The predicted octanol–water partition coefficient (Wildman–Crippen LogP) is 2.32. The molecular formula is C13H19NO. The lowest BCUT2D eigenvalue weighted by Gasteiger charge is -2.12. The van der Waals surface area contributed by atoms with Gasteiger partial charge >= 0.3 is 0 Å². The van der Waals surface area contributed by atoms with Gasteiger partial charge in [-0.25, -0.2) is 0 Å². The van der Waals surface area contributed by atoms with E-state index in [9.17, 15) is 5.11 Å².